The Morgan fingerprint density at radius 2 is 1.96 bits per heavy atom. The number of carbonyl (C=O) groups is 1. The van der Waals surface area contributed by atoms with E-state index in [9.17, 15) is 4.79 Å². The van der Waals surface area contributed by atoms with Crippen LogP contribution in [0.1, 0.15) is 44.9 Å². The van der Waals surface area contributed by atoms with E-state index in [0.29, 0.717) is 18.1 Å². The lowest BCUT2D eigenvalue weighted by Gasteiger charge is -2.20. The van der Waals surface area contributed by atoms with E-state index in [0.717, 1.165) is 29.7 Å². The molecule has 1 saturated carbocycles. The number of rotatable bonds is 9. The maximum Gasteiger partial charge on any atom is 0.220 e. The fourth-order valence-electron chi connectivity index (χ4n) is 2.69. The Morgan fingerprint density at radius 3 is 2.70 bits per heavy atom. The summed E-state index contributed by atoms with van der Waals surface area (Å²) >= 11 is 7.83. The highest BCUT2D eigenvalue weighted by Gasteiger charge is 2.13. The summed E-state index contributed by atoms with van der Waals surface area (Å²) in [6.45, 7) is 1.32. The van der Waals surface area contributed by atoms with Crippen LogP contribution in [0.15, 0.2) is 24.3 Å². The minimum atomic E-state index is 0.119. The summed E-state index contributed by atoms with van der Waals surface area (Å²) < 4.78 is 5.57. The van der Waals surface area contributed by atoms with Crippen molar-refractivity contribution in [2.75, 3.05) is 18.9 Å². The number of hydrogen-bond donors (Lipinski definition) is 1. The molecule has 0 aliphatic heterocycles. The maximum atomic E-state index is 11.8. The van der Waals surface area contributed by atoms with Crippen molar-refractivity contribution in [2.24, 2.45) is 0 Å². The highest BCUT2D eigenvalue weighted by molar-refractivity contribution is 7.99. The molecule has 0 heterocycles. The minimum absolute atomic E-state index is 0.119. The smallest absolute Gasteiger partial charge is 0.220 e. The molecule has 23 heavy (non-hydrogen) atoms. The summed E-state index contributed by atoms with van der Waals surface area (Å²) in [6, 6.07) is 7.27. The van der Waals surface area contributed by atoms with Gasteiger partial charge in [0, 0.05) is 29.0 Å². The molecule has 1 N–H and O–H groups in total. The predicted molar refractivity (Wildman–Crippen MR) is 98.5 cm³/mol. The molecule has 0 spiro atoms. The monoisotopic (exact) mass is 355 g/mol. The first-order valence-corrected chi connectivity index (χ1v) is 9.93. The van der Waals surface area contributed by atoms with Gasteiger partial charge in [-0.25, -0.2) is 0 Å². The zero-order valence-electron chi connectivity index (χ0n) is 13.6. The second-order valence-electron chi connectivity index (χ2n) is 5.89. The topological polar surface area (TPSA) is 38.3 Å². The Labute approximate surface area is 148 Å². The molecule has 0 bridgehead atoms. The molecular formula is C18H26ClNO2S. The number of benzene rings is 1. The highest BCUT2D eigenvalue weighted by Crippen LogP contribution is 2.27. The minimum Gasteiger partial charge on any atom is -0.494 e. The average Bonchev–Trinajstić information content (AvgIpc) is 2.58. The second kappa shape index (κ2) is 10.8. The van der Waals surface area contributed by atoms with Crippen LogP contribution >= 0.6 is 23.4 Å². The third kappa shape index (κ3) is 7.98. The van der Waals surface area contributed by atoms with Gasteiger partial charge in [-0.2, -0.15) is 11.8 Å². The van der Waals surface area contributed by atoms with Gasteiger partial charge in [0.1, 0.15) is 5.75 Å². The van der Waals surface area contributed by atoms with Crippen LogP contribution in [-0.4, -0.2) is 30.1 Å². The second-order valence-corrected chi connectivity index (χ2v) is 7.73. The lowest BCUT2D eigenvalue weighted by molar-refractivity contribution is -0.121. The van der Waals surface area contributed by atoms with Crippen LogP contribution in [0.5, 0.6) is 5.75 Å². The lowest BCUT2D eigenvalue weighted by atomic mass is 10.0. The van der Waals surface area contributed by atoms with Crippen molar-refractivity contribution in [2.45, 2.75) is 50.2 Å². The molecule has 0 atom stereocenters. The zero-order valence-corrected chi connectivity index (χ0v) is 15.1. The zero-order chi connectivity index (χ0) is 16.3. The molecule has 1 aliphatic carbocycles. The first-order chi connectivity index (χ1) is 11.2. The van der Waals surface area contributed by atoms with Crippen LogP contribution in [0.3, 0.4) is 0 Å². The standard InChI is InChI=1S/C18H26ClNO2S/c19-15-8-10-16(11-9-15)22-13-4-7-18(21)20-12-14-23-17-5-2-1-3-6-17/h8-11,17H,1-7,12-14H2,(H,20,21). The van der Waals surface area contributed by atoms with Gasteiger partial charge in [-0.05, 0) is 43.5 Å². The van der Waals surface area contributed by atoms with E-state index in [4.69, 9.17) is 16.3 Å². The number of amides is 1. The third-order valence-corrected chi connectivity index (χ3v) is 5.60. The molecule has 0 aromatic heterocycles. The Hall–Kier alpha value is -0.870. The molecule has 128 valence electrons. The Kier molecular flexibility index (Phi) is 8.69. The van der Waals surface area contributed by atoms with Gasteiger partial charge in [0.2, 0.25) is 5.91 Å². The molecule has 3 nitrogen and oxygen atoms in total. The summed E-state index contributed by atoms with van der Waals surface area (Å²) in [5, 5.41) is 4.51. The van der Waals surface area contributed by atoms with E-state index in [1.165, 1.54) is 32.1 Å². The number of carbonyl (C=O) groups excluding carboxylic acids is 1. The SMILES string of the molecule is O=C(CCCOc1ccc(Cl)cc1)NCCSC1CCCCC1. The summed E-state index contributed by atoms with van der Waals surface area (Å²) in [4.78, 5) is 11.8. The number of nitrogens with one attached hydrogen (secondary N) is 1. The number of thioether (sulfide) groups is 1. The molecule has 2 rings (SSSR count). The van der Waals surface area contributed by atoms with Gasteiger partial charge in [0.05, 0.1) is 6.61 Å². The first kappa shape index (κ1) is 18.5. The van der Waals surface area contributed by atoms with E-state index < -0.39 is 0 Å². The molecule has 0 saturated heterocycles. The van der Waals surface area contributed by atoms with Crippen molar-refractivity contribution in [3.05, 3.63) is 29.3 Å². The van der Waals surface area contributed by atoms with Crippen LogP contribution in [0, 0.1) is 0 Å². The van der Waals surface area contributed by atoms with Crippen LogP contribution < -0.4 is 10.1 Å². The van der Waals surface area contributed by atoms with E-state index >= 15 is 0 Å². The van der Waals surface area contributed by atoms with Crippen molar-refractivity contribution < 1.29 is 9.53 Å². The summed E-state index contributed by atoms with van der Waals surface area (Å²) in [6.07, 6.45) is 8.08. The quantitative estimate of drug-likeness (QED) is 0.653. The number of ether oxygens (including phenoxy) is 1. The highest BCUT2D eigenvalue weighted by atomic mass is 35.5. The van der Waals surface area contributed by atoms with Crippen molar-refractivity contribution in [3.63, 3.8) is 0 Å². The molecule has 1 aromatic carbocycles. The molecule has 0 unspecified atom stereocenters. The van der Waals surface area contributed by atoms with Crippen molar-refractivity contribution in [1.82, 2.24) is 5.32 Å². The Bertz CT molecular complexity index is 461. The Balaban J connectivity index is 1.46. The normalized spacial score (nSPS) is 15.3. The van der Waals surface area contributed by atoms with Crippen LogP contribution in [-0.2, 0) is 4.79 Å². The summed E-state index contributed by atoms with van der Waals surface area (Å²) in [5.41, 5.74) is 0. The van der Waals surface area contributed by atoms with Gasteiger partial charge < -0.3 is 10.1 Å². The van der Waals surface area contributed by atoms with Crippen molar-refractivity contribution >= 4 is 29.3 Å². The van der Waals surface area contributed by atoms with Crippen LogP contribution in [0.4, 0.5) is 0 Å². The maximum absolute atomic E-state index is 11.8. The van der Waals surface area contributed by atoms with Crippen molar-refractivity contribution in [1.29, 1.82) is 0 Å². The first-order valence-electron chi connectivity index (χ1n) is 8.51. The van der Waals surface area contributed by atoms with E-state index in [1.807, 2.05) is 23.9 Å². The molecule has 5 heteroatoms. The summed E-state index contributed by atoms with van der Waals surface area (Å²) in [7, 11) is 0. The lowest BCUT2D eigenvalue weighted by Crippen LogP contribution is -2.26. The number of halogens is 1. The Morgan fingerprint density at radius 1 is 1.22 bits per heavy atom. The molecule has 1 amide bonds. The predicted octanol–water partition coefficient (Wildman–Crippen LogP) is 4.68. The molecule has 1 aliphatic rings. The average molecular weight is 356 g/mol. The molecular weight excluding hydrogens is 330 g/mol. The fourth-order valence-corrected chi connectivity index (χ4v) is 4.04. The number of hydrogen-bond acceptors (Lipinski definition) is 3. The van der Waals surface area contributed by atoms with Gasteiger partial charge in [-0.3, -0.25) is 4.79 Å². The van der Waals surface area contributed by atoms with E-state index in [2.05, 4.69) is 5.32 Å². The van der Waals surface area contributed by atoms with Gasteiger partial charge in [-0.15, -0.1) is 0 Å². The van der Waals surface area contributed by atoms with E-state index in [-0.39, 0.29) is 5.91 Å². The van der Waals surface area contributed by atoms with Gasteiger partial charge in [0.25, 0.3) is 0 Å². The van der Waals surface area contributed by atoms with E-state index in [1.54, 1.807) is 12.1 Å². The largest absolute Gasteiger partial charge is 0.494 e. The fraction of sp³-hybridized carbons (Fsp3) is 0.611. The van der Waals surface area contributed by atoms with Gasteiger partial charge in [0.15, 0.2) is 0 Å². The molecule has 0 radical (unpaired) electrons. The third-order valence-electron chi connectivity index (χ3n) is 3.96. The van der Waals surface area contributed by atoms with Crippen LogP contribution in [0.2, 0.25) is 5.02 Å². The summed E-state index contributed by atoms with van der Waals surface area (Å²) in [5.74, 6) is 1.94. The van der Waals surface area contributed by atoms with Gasteiger partial charge in [-0.1, -0.05) is 30.9 Å². The van der Waals surface area contributed by atoms with Gasteiger partial charge >= 0.3 is 0 Å². The molecule has 1 fully saturated rings. The van der Waals surface area contributed by atoms with Crippen LogP contribution in [0.25, 0.3) is 0 Å². The van der Waals surface area contributed by atoms with Crippen molar-refractivity contribution in [3.8, 4) is 5.75 Å². The molecule has 1 aromatic rings.